The standard InChI is InChI=1S/C20H21NO4S/c1-3-11-21(2)26(23,24)25-18-9-10-19-17(13-18)12-16(14-20(19)22)15-7-5-4-6-8-15/h4-10,13-14H,3,11-12H2,1-2H3. The van der Waals surface area contributed by atoms with E-state index < -0.39 is 10.3 Å². The summed E-state index contributed by atoms with van der Waals surface area (Å²) in [5.74, 6) is 0.136. The van der Waals surface area contributed by atoms with Crippen molar-refractivity contribution in [3.05, 3.63) is 71.3 Å². The first-order valence-corrected chi connectivity index (χ1v) is 9.86. The fourth-order valence-electron chi connectivity index (χ4n) is 2.95. The minimum Gasteiger partial charge on any atom is -0.371 e. The van der Waals surface area contributed by atoms with Crippen molar-refractivity contribution in [3.63, 3.8) is 0 Å². The molecule has 2 aromatic carbocycles. The molecule has 6 heteroatoms. The number of carbonyl (C=O) groups excluding carboxylic acids is 1. The van der Waals surface area contributed by atoms with E-state index in [1.165, 1.54) is 17.4 Å². The molecule has 0 heterocycles. The van der Waals surface area contributed by atoms with Crippen molar-refractivity contribution in [2.75, 3.05) is 13.6 Å². The van der Waals surface area contributed by atoms with Gasteiger partial charge < -0.3 is 4.18 Å². The molecule has 1 aliphatic carbocycles. The van der Waals surface area contributed by atoms with Crippen molar-refractivity contribution in [2.45, 2.75) is 19.8 Å². The molecule has 5 nitrogen and oxygen atoms in total. The summed E-state index contributed by atoms with van der Waals surface area (Å²) in [5.41, 5.74) is 3.23. The van der Waals surface area contributed by atoms with Gasteiger partial charge in [-0.2, -0.15) is 12.7 Å². The summed E-state index contributed by atoms with van der Waals surface area (Å²) >= 11 is 0. The summed E-state index contributed by atoms with van der Waals surface area (Å²) in [4.78, 5) is 12.4. The Hall–Kier alpha value is -2.44. The molecule has 0 spiro atoms. The Labute approximate surface area is 154 Å². The highest BCUT2D eigenvalue weighted by Gasteiger charge is 2.23. The van der Waals surface area contributed by atoms with Crippen LogP contribution in [0.3, 0.4) is 0 Å². The predicted molar refractivity (Wildman–Crippen MR) is 101 cm³/mol. The molecular weight excluding hydrogens is 350 g/mol. The monoisotopic (exact) mass is 371 g/mol. The second-order valence-electron chi connectivity index (χ2n) is 6.26. The van der Waals surface area contributed by atoms with Crippen LogP contribution in [0.25, 0.3) is 5.57 Å². The van der Waals surface area contributed by atoms with Gasteiger partial charge in [-0.3, -0.25) is 4.79 Å². The van der Waals surface area contributed by atoms with Crippen LogP contribution < -0.4 is 4.18 Å². The highest BCUT2D eigenvalue weighted by atomic mass is 32.2. The molecule has 1 aliphatic rings. The number of rotatable bonds is 6. The average Bonchev–Trinajstić information content (AvgIpc) is 2.62. The van der Waals surface area contributed by atoms with Gasteiger partial charge in [-0.15, -0.1) is 0 Å². The number of hydrogen-bond acceptors (Lipinski definition) is 4. The molecule has 0 saturated carbocycles. The largest absolute Gasteiger partial charge is 0.384 e. The van der Waals surface area contributed by atoms with E-state index in [4.69, 9.17) is 4.18 Å². The molecule has 2 aromatic rings. The van der Waals surface area contributed by atoms with E-state index in [0.717, 1.165) is 16.7 Å². The van der Waals surface area contributed by atoms with E-state index in [-0.39, 0.29) is 11.5 Å². The maximum absolute atomic E-state index is 12.4. The van der Waals surface area contributed by atoms with Crippen LogP contribution in [0.2, 0.25) is 0 Å². The Kier molecular flexibility index (Phi) is 5.25. The Balaban J connectivity index is 1.87. The van der Waals surface area contributed by atoms with Crippen molar-refractivity contribution >= 4 is 21.7 Å². The Morgan fingerprint density at radius 2 is 1.85 bits per heavy atom. The maximum Gasteiger partial charge on any atom is 0.384 e. The lowest BCUT2D eigenvalue weighted by Crippen LogP contribution is -2.31. The first kappa shape index (κ1) is 18.4. The molecule has 0 aromatic heterocycles. The van der Waals surface area contributed by atoms with Crippen molar-refractivity contribution in [2.24, 2.45) is 0 Å². The zero-order chi connectivity index (χ0) is 18.7. The van der Waals surface area contributed by atoms with Crippen LogP contribution in [-0.2, 0) is 16.7 Å². The predicted octanol–water partition coefficient (Wildman–Crippen LogP) is 3.47. The molecule has 26 heavy (non-hydrogen) atoms. The van der Waals surface area contributed by atoms with Gasteiger partial charge in [-0.25, -0.2) is 0 Å². The van der Waals surface area contributed by atoms with Gasteiger partial charge in [0.25, 0.3) is 0 Å². The van der Waals surface area contributed by atoms with Crippen LogP contribution in [0.1, 0.15) is 34.8 Å². The summed E-state index contributed by atoms with van der Waals surface area (Å²) in [7, 11) is -2.36. The van der Waals surface area contributed by atoms with Gasteiger partial charge in [0.05, 0.1) is 0 Å². The van der Waals surface area contributed by atoms with Crippen molar-refractivity contribution in [3.8, 4) is 5.75 Å². The van der Waals surface area contributed by atoms with Gasteiger partial charge in [0, 0.05) is 19.2 Å². The van der Waals surface area contributed by atoms with Crippen LogP contribution in [0, 0.1) is 0 Å². The number of nitrogens with zero attached hydrogens (tertiary/aromatic N) is 1. The number of ketones is 1. The summed E-state index contributed by atoms with van der Waals surface area (Å²) in [6, 6.07) is 14.5. The first-order valence-electron chi connectivity index (χ1n) is 8.49. The second-order valence-corrected chi connectivity index (χ2v) is 7.90. The van der Waals surface area contributed by atoms with E-state index in [0.29, 0.717) is 24.9 Å². The minimum atomic E-state index is -3.85. The minimum absolute atomic E-state index is 0.0809. The van der Waals surface area contributed by atoms with E-state index in [1.807, 2.05) is 37.3 Å². The summed E-state index contributed by atoms with van der Waals surface area (Å²) < 4.78 is 30.9. The number of fused-ring (bicyclic) bond motifs is 1. The van der Waals surface area contributed by atoms with Gasteiger partial charge in [0.2, 0.25) is 0 Å². The number of allylic oxidation sites excluding steroid dienone is 2. The third-order valence-corrected chi connectivity index (χ3v) is 5.64. The highest BCUT2D eigenvalue weighted by Crippen LogP contribution is 2.30. The lowest BCUT2D eigenvalue weighted by atomic mass is 9.87. The van der Waals surface area contributed by atoms with Gasteiger partial charge in [0.15, 0.2) is 5.78 Å². The molecule has 0 unspecified atom stereocenters. The molecule has 0 radical (unpaired) electrons. The van der Waals surface area contributed by atoms with Gasteiger partial charge in [0.1, 0.15) is 5.75 Å². The normalized spacial score (nSPS) is 14.1. The van der Waals surface area contributed by atoms with Crippen LogP contribution in [-0.4, -0.2) is 32.1 Å². The lowest BCUT2D eigenvalue weighted by Gasteiger charge is -2.19. The van der Waals surface area contributed by atoms with Crippen molar-refractivity contribution < 1.29 is 17.4 Å². The van der Waals surface area contributed by atoms with Crippen molar-refractivity contribution in [1.29, 1.82) is 0 Å². The van der Waals surface area contributed by atoms with E-state index >= 15 is 0 Å². The number of hydrogen-bond donors (Lipinski definition) is 0. The number of carbonyl (C=O) groups is 1. The van der Waals surface area contributed by atoms with E-state index in [2.05, 4.69) is 0 Å². The Morgan fingerprint density at radius 3 is 2.54 bits per heavy atom. The molecule has 0 amide bonds. The fraction of sp³-hybridized carbons (Fsp3) is 0.250. The molecule has 0 saturated heterocycles. The average molecular weight is 371 g/mol. The van der Waals surface area contributed by atoms with E-state index in [1.54, 1.807) is 18.2 Å². The topological polar surface area (TPSA) is 63.7 Å². The molecule has 136 valence electrons. The van der Waals surface area contributed by atoms with Gasteiger partial charge in [-0.1, -0.05) is 37.3 Å². The van der Waals surface area contributed by atoms with Gasteiger partial charge in [-0.05, 0) is 53.8 Å². The van der Waals surface area contributed by atoms with Crippen molar-refractivity contribution in [1.82, 2.24) is 4.31 Å². The Morgan fingerprint density at radius 1 is 1.12 bits per heavy atom. The molecule has 0 N–H and O–H groups in total. The molecule has 0 atom stereocenters. The van der Waals surface area contributed by atoms with Gasteiger partial charge >= 0.3 is 10.3 Å². The van der Waals surface area contributed by atoms with E-state index in [9.17, 15) is 13.2 Å². The zero-order valence-corrected chi connectivity index (χ0v) is 15.6. The van der Waals surface area contributed by atoms with Crippen LogP contribution in [0.4, 0.5) is 0 Å². The van der Waals surface area contributed by atoms with Crippen LogP contribution >= 0.6 is 0 Å². The summed E-state index contributed by atoms with van der Waals surface area (Å²) in [6.45, 7) is 2.28. The third-order valence-electron chi connectivity index (χ3n) is 4.29. The zero-order valence-electron chi connectivity index (χ0n) is 14.8. The molecule has 0 fully saturated rings. The summed E-state index contributed by atoms with van der Waals surface area (Å²) in [6.07, 6.45) is 2.89. The first-order chi connectivity index (χ1) is 12.4. The molecule has 0 bridgehead atoms. The smallest absolute Gasteiger partial charge is 0.371 e. The quantitative estimate of drug-likeness (QED) is 0.780. The lowest BCUT2D eigenvalue weighted by molar-refractivity contribution is 0.104. The maximum atomic E-state index is 12.4. The fourth-order valence-corrected chi connectivity index (χ4v) is 3.83. The molecule has 0 aliphatic heterocycles. The molecule has 3 rings (SSSR count). The third kappa shape index (κ3) is 3.86. The molecular formula is C20H21NO4S. The Bertz CT molecular complexity index is 949. The summed E-state index contributed by atoms with van der Waals surface area (Å²) in [5, 5.41) is 0. The number of benzene rings is 2. The van der Waals surface area contributed by atoms with Crippen LogP contribution in [0.15, 0.2) is 54.6 Å². The van der Waals surface area contributed by atoms with Crippen LogP contribution in [0.5, 0.6) is 5.75 Å². The highest BCUT2D eigenvalue weighted by molar-refractivity contribution is 7.84. The SMILES string of the molecule is CCCN(C)S(=O)(=O)Oc1ccc2c(c1)CC(c1ccccc1)=CC2=O. The second kappa shape index (κ2) is 7.43.